The molecule has 152 valence electrons. The second-order valence-electron chi connectivity index (χ2n) is 5.83. The number of rotatable bonds is 8. The summed E-state index contributed by atoms with van der Waals surface area (Å²) in [6.07, 6.45) is 0. The van der Waals surface area contributed by atoms with Gasteiger partial charge in [0.25, 0.3) is 0 Å². The van der Waals surface area contributed by atoms with Crippen molar-refractivity contribution in [1.29, 1.82) is 0 Å². The fourth-order valence-corrected chi connectivity index (χ4v) is 2.81. The van der Waals surface area contributed by atoms with Crippen LogP contribution >= 0.6 is 34.8 Å². The molecule has 1 heterocycles. The maximum Gasteiger partial charge on any atom is 0.336 e. The Labute approximate surface area is 182 Å². The Morgan fingerprint density at radius 2 is 1.86 bits per heavy atom. The SMILES string of the molecule is COCCOc1nc(-c2ccc(NC(=O)CCl)cc2)n(-c2ccc(Cl)c(Cl)c2)n1. The highest BCUT2D eigenvalue weighted by Crippen LogP contribution is 2.29. The van der Waals surface area contributed by atoms with Crippen molar-refractivity contribution in [2.75, 3.05) is 31.5 Å². The number of anilines is 1. The molecule has 7 nitrogen and oxygen atoms in total. The summed E-state index contributed by atoms with van der Waals surface area (Å²) in [6.45, 7) is 0.719. The lowest BCUT2D eigenvalue weighted by molar-refractivity contribution is -0.113. The molecular weight excluding hydrogens is 439 g/mol. The van der Waals surface area contributed by atoms with Crippen LogP contribution in [0.2, 0.25) is 10.0 Å². The zero-order chi connectivity index (χ0) is 20.8. The highest BCUT2D eigenvalue weighted by molar-refractivity contribution is 6.42. The van der Waals surface area contributed by atoms with E-state index in [0.717, 1.165) is 5.56 Å². The van der Waals surface area contributed by atoms with Crippen LogP contribution in [0.1, 0.15) is 0 Å². The molecule has 0 bridgehead atoms. The van der Waals surface area contributed by atoms with Crippen LogP contribution < -0.4 is 10.1 Å². The highest BCUT2D eigenvalue weighted by Gasteiger charge is 2.16. The summed E-state index contributed by atoms with van der Waals surface area (Å²) in [6, 6.07) is 12.5. The number of carbonyl (C=O) groups is 1. The van der Waals surface area contributed by atoms with E-state index in [9.17, 15) is 4.79 Å². The number of nitrogens with zero attached hydrogens (tertiary/aromatic N) is 3. The molecule has 2 aromatic carbocycles. The largest absolute Gasteiger partial charge is 0.460 e. The maximum absolute atomic E-state index is 11.4. The first-order chi connectivity index (χ1) is 14.0. The van der Waals surface area contributed by atoms with Gasteiger partial charge in [-0.15, -0.1) is 16.7 Å². The molecule has 3 rings (SSSR count). The van der Waals surface area contributed by atoms with Crippen LogP contribution in [0.4, 0.5) is 5.69 Å². The predicted octanol–water partition coefficient (Wildman–Crippen LogP) is 4.44. The lowest BCUT2D eigenvalue weighted by Crippen LogP contribution is -2.12. The topological polar surface area (TPSA) is 78.3 Å². The summed E-state index contributed by atoms with van der Waals surface area (Å²) in [5.41, 5.74) is 2.05. The first-order valence-electron chi connectivity index (χ1n) is 8.52. The van der Waals surface area contributed by atoms with Crippen LogP contribution in [0.5, 0.6) is 6.01 Å². The molecule has 0 aliphatic rings. The van der Waals surface area contributed by atoms with E-state index in [-0.39, 0.29) is 17.8 Å². The van der Waals surface area contributed by atoms with Crippen molar-refractivity contribution >= 4 is 46.4 Å². The molecule has 0 fully saturated rings. The minimum absolute atomic E-state index is 0.115. The number of hydrogen-bond donors (Lipinski definition) is 1. The number of ether oxygens (including phenoxy) is 2. The zero-order valence-electron chi connectivity index (χ0n) is 15.4. The molecule has 0 aliphatic heterocycles. The number of aromatic nitrogens is 3. The number of amides is 1. The van der Waals surface area contributed by atoms with E-state index in [2.05, 4.69) is 15.4 Å². The van der Waals surface area contributed by atoms with E-state index >= 15 is 0 Å². The maximum atomic E-state index is 11.4. The number of methoxy groups -OCH3 is 1. The van der Waals surface area contributed by atoms with Gasteiger partial charge in [0.1, 0.15) is 12.5 Å². The Hall–Kier alpha value is -2.32. The number of benzene rings is 2. The Morgan fingerprint density at radius 3 is 2.52 bits per heavy atom. The van der Waals surface area contributed by atoms with Crippen LogP contribution in [0.15, 0.2) is 42.5 Å². The molecule has 1 amide bonds. The van der Waals surface area contributed by atoms with E-state index in [1.165, 1.54) is 0 Å². The van der Waals surface area contributed by atoms with Gasteiger partial charge in [-0.2, -0.15) is 4.98 Å². The minimum atomic E-state index is -0.285. The molecule has 0 aliphatic carbocycles. The van der Waals surface area contributed by atoms with E-state index in [0.29, 0.717) is 40.5 Å². The molecule has 0 saturated carbocycles. The molecule has 0 atom stereocenters. The minimum Gasteiger partial charge on any atom is -0.460 e. The van der Waals surface area contributed by atoms with Crippen LogP contribution in [-0.2, 0) is 9.53 Å². The van der Waals surface area contributed by atoms with E-state index < -0.39 is 0 Å². The van der Waals surface area contributed by atoms with Crippen LogP contribution in [-0.4, -0.2) is 46.9 Å². The number of nitrogens with one attached hydrogen (secondary N) is 1. The molecule has 10 heteroatoms. The standard InChI is InChI=1S/C19H17Cl3N4O3/c1-28-8-9-29-19-24-18(12-2-4-13(5-3-12)23-17(27)11-20)26(25-19)14-6-7-15(21)16(22)10-14/h2-7,10H,8-9,11H2,1H3,(H,23,27). The van der Waals surface area contributed by atoms with Gasteiger partial charge in [-0.1, -0.05) is 23.2 Å². The second-order valence-corrected chi connectivity index (χ2v) is 6.91. The van der Waals surface area contributed by atoms with Crippen molar-refractivity contribution in [3.63, 3.8) is 0 Å². The Bertz CT molecular complexity index is 993. The fourth-order valence-electron chi connectivity index (χ4n) is 2.45. The van der Waals surface area contributed by atoms with E-state index in [1.54, 1.807) is 54.3 Å². The summed E-state index contributed by atoms with van der Waals surface area (Å²) >= 11 is 17.7. The second kappa shape index (κ2) is 9.93. The summed E-state index contributed by atoms with van der Waals surface area (Å²) in [7, 11) is 1.58. The first-order valence-corrected chi connectivity index (χ1v) is 9.81. The third kappa shape index (κ3) is 5.39. The van der Waals surface area contributed by atoms with Crippen LogP contribution in [0.3, 0.4) is 0 Å². The van der Waals surface area contributed by atoms with Crippen molar-refractivity contribution < 1.29 is 14.3 Å². The van der Waals surface area contributed by atoms with Gasteiger partial charge in [0.2, 0.25) is 5.91 Å². The smallest absolute Gasteiger partial charge is 0.336 e. The molecule has 0 radical (unpaired) electrons. The molecule has 29 heavy (non-hydrogen) atoms. The number of hydrogen-bond acceptors (Lipinski definition) is 5. The number of halogens is 3. The Balaban J connectivity index is 1.97. The highest BCUT2D eigenvalue weighted by atomic mass is 35.5. The lowest BCUT2D eigenvalue weighted by Gasteiger charge is -2.08. The molecule has 0 spiro atoms. The normalized spacial score (nSPS) is 10.8. The van der Waals surface area contributed by atoms with Gasteiger partial charge in [0.05, 0.1) is 22.3 Å². The summed E-state index contributed by atoms with van der Waals surface area (Å²) in [5, 5.41) is 7.94. The Morgan fingerprint density at radius 1 is 1.10 bits per heavy atom. The molecular formula is C19H17Cl3N4O3. The van der Waals surface area contributed by atoms with Crippen LogP contribution in [0.25, 0.3) is 17.1 Å². The summed E-state index contributed by atoms with van der Waals surface area (Å²) in [5.74, 6) is 0.133. The molecule has 0 saturated heterocycles. The average molecular weight is 456 g/mol. The van der Waals surface area contributed by atoms with Crippen LogP contribution in [0, 0.1) is 0 Å². The van der Waals surface area contributed by atoms with Crippen molar-refractivity contribution in [2.45, 2.75) is 0 Å². The predicted molar refractivity (Wildman–Crippen MR) is 114 cm³/mol. The Kier molecular flexibility index (Phi) is 7.33. The molecule has 0 unspecified atom stereocenters. The van der Waals surface area contributed by atoms with Crippen molar-refractivity contribution in [3.05, 3.63) is 52.5 Å². The average Bonchev–Trinajstić information content (AvgIpc) is 3.15. The van der Waals surface area contributed by atoms with Gasteiger partial charge in [-0.25, -0.2) is 4.68 Å². The van der Waals surface area contributed by atoms with Gasteiger partial charge >= 0.3 is 6.01 Å². The number of alkyl halides is 1. The lowest BCUT2D eigenvalue weighted by atomic mass is 10.2. The summed E-state index contributed by atoms with van der Waals surface area (Å²) < 4.78 is 12.2. The van der Waals surface area contributed by atoms with Crippen molar-refractivity contribution in [2.24, 2.45) is 0 Å². The van der Waals surface area contributed by atoms with Gasteiger partial charge in [0.15, 0.2) is 5.82 Å². The molecule has 1 aromatic heterocycles. The van der Waals surface area contributed by atoms with E-state index in [1.807, 2.05) is 0 Å². The first kappa shape index (κ1) is 21.4. The van der Waals surface area contributed by atoms with Gasteiger partial charge in [-0.3, -0.25) is 4.79 Å². The monoisotopic (exact) mass is 454 g/mol. The van der Waals surface area contributed by atoms with Gasteiger partial charge in [0, 0.05) is 18.4 Å². The van der Waals surface area contributed by atoms with Crippen molar-refractivity contribution in [1.82, 2.24) is 14.8 Å². The fraction of sp³-hybridized carbons (Fsp3) is 0.211. The third-order valence-electron chi connectivity index (χ3n) is 3.80. The zero-order valence-corrected chi connectivity index (χ0v) is 17.6. The summed E-state index contributed by atoms with van der Waals surface area (Å²) in [4.78, 5) is 15.9. The molecule has 1 N–H and O–H groups in total. The van der Waals surface area contributed by atoms with Crippen molar-refractivity contribution in [3.8, 4) is 23.1 Å². The van der Waals surface area contributed by atoms with E-state index in [4.69, 9.17) is 44.3 Å². The number of carbonyl (C=O) groups excluding carboxylic acids is 1. The van der Waals surface area contributed by atoms with Gasteiger partial charge in [-0.05, 0) is 42.5 Å². The quantitative estimate of drug-likeness (QED) is 0.401. The molecule has 3 aromatic rings. The third-order valence-corrected chi connectivity index (χ3v) is 4.78. The van der Waals surface area contributed by atoms with Gasteiger partial charge < -0.3 is 14.8 Å².